The molecule has 0 spiro atoms. The highest BCUT2D eigenvalue weighted by atomic mass is 32.1. The number of carbonyl (C=O) groups excluding carboxylic acids is 2. The molecule has 8 nitrogen and oxygen atoms in total. The fraction of sp³-hybridized carbons (Fsp3) is 0.194. The van der Waals surface area contributed by atoms with Gasteiger partial charge in [-0.2, -0.15) is 0 Å². The van der Waals surface area contributed by atoms with E-state index in [1.807, 2.05) is 32.0 Å². The number of ketones is 1. The molecular weight excluding hydrogens is 528 g/mol. The Bertz CT molecular complexity index is 1610. The lowest BCUT2D eigenvalue weighted by molar-refractivity contribution is -0.132. The zero-order valence-corrected chi connectivity index (χ0v) is 22.9. The average molecular weight is 557 g/mol. The van der Waals surface area contributed by atoms with Gasteiger partial charge in [0.1, 0.15) is 18.1 Å². The van der Waals surface area contributed by atoms with Crippen LogP contribution in [0.15, 0.2) is 85.0 Å². The van der Waals surface area contributed by atoms with Crippen molar-refractivity contribution in [1.29, 1.82) is 0 Å². The summed E-state index contributed by atoms with van der Waals surface area (Å²) >= 11 is 1.27. The molecule has 204 valence electrons. The third-order valence-corrected chi connectivity index (χ3v) is 7.31. The smallest absolute Gasteiger partial charge is 0.301 e. The molecule has 1 N–H and O–H groups in total. The third kappa shape index (κ3) is 5.03. The molecule has 3 aromatic carbocycles. The number of benzene rings is 3. The van der Waals surface area contributed by atoms with Crippen LogP contribution in [0.1, 0.15) is 31.0 Å². The Morgan fingerprint density at radius 2 is 1.77 bits per heavy atom. The van der Waals surface area contributed by atoms with Crippen molar-refractivity contribution < 1.29 is 28.9 Å². The van der Waals surface area contributed by atoms with Gasteiger partial charge in [-0.1, -0.05) is 60.4 Å². The first-order chi connectivity index (χ1) is 19.5. The van der Waals surface area contributed by atoms with Gasteiger partial charge in [-0.3, -0.25) is 14.5 Å². The zero-order valence-electron chi connectivity index (χ0n) is 22.1. The number of rotatable bonds is 10. The van der Waals surface area contributed by atoms with Gasteiger partial charge >= 0.3 is 5.91 Å². The molecule has 1 amide bonds. The highest BCUT2D eigenvalue weighted by molar-refractivity contribution is 7.22. The third-order valence-electron chi connectivity index (χ3n) is 6.30. The van der Waals surface area contributed by atoms with Crippen LogP contribution in [-0.2, 0) is 9.59 Å². The molecule has 0 aliphatic carbocycles. The Morgan fingerprint density at radius 3 is 2.50 bits per heavy atom. The van der Waals surface area contributed by atoms with Crippen LogP contribution >= 0.6 is 11.3 Å². The van der Waals surface area contributed by atoms with Gasteiger partial charge in [0.05, 0.1) is 35.0 Å². The van der Waals surface area contributed by atoms with Crippen LogP contribution in [-0.4, -0.2) is 41.6 Å². The van der Waals surface area contributed by atoms with Crippen molar-refractivity contribution in [3.8, 4) is 17.2 Å². The van der Waals surface area contributed by atoms with Crippen LogP contribution in [0.4, 0.5) is 5.13 Å². The van der Waals surface area contributed by atoms with Crippen LogP contribution in [0.25, 0.3) is 16.0 Å². The topological polar surface area (TPSA) is 98.2 Å². The number of fused-ring (bicyclic) bond motifs is 1. The van der Waals surface area contributed by atoms with E-state index in [-0.39, 0.29) is 17.9 Å². The molecule has 4 aromatic rings. The molecule has 40 heavy (non-hydrogen) atoms. The Hall–Kier alpha value is -4.63. The molecule has 1 fully saturated rings. The van der Waals surface area contributed by atoms with Gasteiger partial charge in [0.15, 0.2) is 16.6 Å². The lowest BCUT2D eigenvalue weighted by atomic mass is 9.95. The maximum Gasteiger partial charge on any atom is 0.301 e. The monoisotopic (exact) mass is 556 g/mol. The summed E-state index contributed by atoms with van der Waals surface area (Å²) in [6, 6.07) is 18.4. The van der Waals surface area contributed by atoms with E-state index in [1.54, 1.807) is 54.6 Å². The van der Waals surface area contributed by atoms with Gasteiger partial charge < -0.3 is 19.3 Å². The normalized spacial score (nSPS) is 16.4. The second-order valence-corrected chi connectivity index (χ2v) is 9.84. The highest BCUT2D eigenvalue weighted by Gasteiger charge is 2.48. The van der Waals surface area contributed by atoms with Crippen LogP contribution in [0, 0.1) is 0 Å². The number of hydrogen-bond donors (Lipinski definition) is 1. The first-order valence-corrected chi connectivity index (χ1v) is 13.7. The van der Waals surface area contributed by atoms with Crippen molar-refractivity contribution in [2.75, 3.05) is 24.7 Å². The van der Waals surface area contributed by atoms with Gasteiger partial charge in [0.25, 0.3) is 5.78 Å². The first kappa shape index (κ1) is 27.0. The molecule has 1 saturated heterocycles. The summed E-state index contributed by atoms with van der Waals surface area (Å²) in [7, 11) is 0. The summed E-state index contributed by atoms with van der Waals surface area (Å²) in [5, 5.41) is 11.7. The molecule has 5 rings (SSSR count). The quantitative estimate of drug-likeness (QED) is 0.106. The Morgan fingerprint density at radius 1 is 1.00 bits per heavy atom. The summed E-state index contributed by atoms with van der Waals surface area (Å²) < 4.78 is 18.0. The molecular formula is C31H28N2O6S. The summed E-state index contributed by atoms with van der Waals surface area (Å²) in [6.45, 7) is 8.61. The summed E-state index contributed by atoms with van der Waals surface area (Å²) in [5.74, 6) is -0.227. The second-order valence-electron chi connectivity index (χ2n) is 8.83. The number of aliphatic hydroxyl groups excluding tert-OH is 1. The van der Waals surface area contributed by atoms with E-state index >= 15 is 0 Å². The van der Waals surface area contributed by atoms with E-state index in [2.05, 4.69) is 11.6 Å². The maximum absolute atomic E-state index is 13.6. The molecule has 1 unspecified atom stereocenters. The van der Waals surface area contributed by atoms with Crippen LogP contribution < -0.4 is 19.1 Å². The van der Waals surface area contributed by atoms with Gasteiger partial charge in [-0.25, -0.2) is 4.98 Å². The number of Topliss-reactive ketones (excluding diaryl/α,β-unsaturated/α-hetero) is 1. The fourth-order valence-corrected chi connectivity index (χ4v) is 5.60. The van der Waals surface area contributed by atoms with Crippen molar-refractivity contribution in [3.63, 3.8) is 0 Å². The number of amides is 1. The molecule has 0 bridgehead atoms. The molecule has 2 heterocycles. The van der Waals surface area contributed by atoms with Crippen molar-refractivity contribution >= 4 is 44.1 Å². The predicted octanol–water partition coefficient (Wildman–Crippen LogP) is 6.28. The molecule has 1 aromatic heterocycles. The van der Waals surface area contributed by atoms with E-state index in [9.17, 15) is 14.7 Å². The largest absolute Gasteiger partial charge is 0.507 e. The van der Waals surface area contributed by atoms with E-state index in [1.165, 1.54) is 16.2 Å². The molecule has 0 radical (unpaired) electrons. The van der Waals surface area contributed by atoms with E-state index in [0.717, 1.165) is 4.70 Å². The fourth-order valence-electron chi connectivity index (χ4n) is 4.58. The molecule has 0 saturated carbocycles. The van der Waals surface area contributed by atoms with Crippen molar-refractivity contribution in [2.45, 2.75) is 19.9 Å². The molecule has 1 aliphatic rings. The van der Waals surface area contributed by atoms with Crippen LogP contribution in [0.3, 0.4) is 0 Å². The number of aromatic nitrogens is 1. The SMILES string of the molecule is C=CCOc1ccc(C2C(=C(O)c3ccccc3)C(=O)C(=O)N2c2nc3ccc(OCC)cc3s2)cc1OCC. The second kappa shape index (κ2) is 11.6. The summed E-state index contributed by atoms with van der Waals surface area (Å²) in [6.07, 6.45) is 1.63. The van der Waals surface area contributed by atoms with E-state index in [0.29, 0.717) is 52.2 Å². The number of nitrogens with zero attached hydrogens (tertiary/aromatic N) is 2. The number of thiazole rings is 1. The number of anilines is 1. The van der Waals surface area contributed by atoms with Crippen LogP contribution in [0.2, 0.25) is 0 Å². The molecule has 1 atom stereocenters. The lowest BCUT2D eigenvalue weighted by Gasteiger charge is -2.24. The summed E-state index contributed by atoms with van der Waals surface area (Å²) in [5.41, 5.74) is 1.61. The number of hydrogen-bond acceptors (Lipinski definition) is 8. The van der Waals surface area contributed by atoms with Crippen molar-refractivity contribution in [2.24, 2.45) is 0 Å². The van der Waals surface area contributed by atoms with Gasteiger partial charge in [0.2, 0.25) is 0 Å². The number of aliphatic hydroxyl groups is 1. The predicted molar refractivity (Wildman–Crippen MR) is 155 cm³/mol. The lowest BCUT2D eigenvalue weighted by Crippen LogP contribution is -2.29. The number of carbonyl (C=O) groups is 2. The minimum atomic E-state index is -0.959. The Kier molecular flexibility index (Phi) is 7.84. The first-order valence-electron chi connectivity index (χ1n) is 12.9. The molecule has 9 heteroatoms. The molecule has 1 aliphatic heterocycles. The standard InChI is InChI=1S/C31H28N2O6S/c1-4-16-39-23-15-12-20(17-24(23)38-6-3)27-26(28(34)19-10-8-7-9-11-19)29(35)30(36)33(27)31-32-22-14-13-21(37-5-2)18-25(22)40-31/h4,7-15,17-18,27,34H,1,5-6,16H2,2-3H3. The number of ether oxygens (including phenoxy) is 3. The minimum Gasteiger partial charge on any atom is -0.507 e. The summed E-state index contributed by atoms with van der Waals surface area (Å²) in [4.78, 5) is 33.2. The van der Waals surface area contributed by atoms with Crippen molar-refractivity contribution in [3.05, 3.63) is 96.1 Å². The Balaban J connectivity index is 1.70. The van der Waals surface area contributed by atoms with Crippen molar-refractivity contribution in [1.82, 2.24) is 4.98 Å². The minimum absolute atomic E-state index is 0.0346. The maximum atomic E-state index is 13.6. The van der Waals surface area contributed by atoms with E-state index in [4.69, 9.17) is 14.2 Å². The Labute approximate surface area is 235 Å². The highest BCUT2D eigenvalue weighted by Crippen LogP contribution is 2.46. The average Bonchev–Trinajstić information content (AvgIpc) is 3.50. The van der Waals surface area contributed by atoms with E-state index < -0.39 is 17.7 Å². The van der Waals surface area contributed by atoms with Gasteiger partial charge in [-0.15, -0.1) is 0 Å². The van der Waals surface area contributed by atoms with Gasteiger partial charge in [-0.05, 0) is 49.7 Å². The zero-order chi connectivity index (χ0) is 28.2. The van der Waals surface area contributed by atoms with Crippen LogP contribution in [0.5, 0.6) is 17.2 Å². The van der Waals surface area contributed by atoms with Gasteiger partial charge in [0, 0.05) is 5.56 Å².